The molecule has 0 unspecified atom stereocenters. The molecule has 0 fully saturated rings. The van der Waals surface area contributed by atoms with E-state index in [0.29, 0.717) is 22.6 Å². The summed E-state index contributed by atoms with van der Waals surface area (Å²) >= 11 is 0. The summed E-state index contributed by atoms with van der Waals surface area (Å²) in [5, 5.41) is 11.2. The average Bonchev–Trinajstić information content (AvgIpc) is 2.96. The lowest BCUT2D eigenvalue weighted by atomic mass is 9.93. The molecule has 4 N–H and O–H groups in total. The third kappa shape index (κ3) is 7.31. The molecule has 40 heavy (non-hydrogen) atoms. The summed E-state index contributed by atoms with van der Waals surface area (Å²) in [5.74, 6) is 0.475. The van der Waals surface area contributed by atoms with E-state index in [1.165, 1.54) is 19.2 Å². The highest BCUT2D eigenvalue weighted by molar-refractivity contribution is 5.92. The molecule has 0 heterocycles. The van der Waals surface area contributed by atoms with Crippen molar-refractivity contribution < 1.29 is 27.5 Å². The number of urea groups is 2. The number of benzene rings is 4. The molecular formula is C30H27F3N4O3. The smallest absolute Gasteiger partial charge is 0.416 e. The van der Waals surface area contributed by atoms with Gasteiger partial charge in [-0.3, -0.25) is 0 Å². The van der Waals surface area contributed by atoms with Crippen molar-refractivity contribution in [2.24, 2.45) is 0 Å². The molecule has 4 aromatic carbocycles. The molecule has 10 heteroatoms. The number of carbonyl (C=O) groups excluding carboxylic acids is 2. The maximum atomic E-state index is 13.2. The number of halogens is 3. The van der Waals surface area contributed by atoms with Crippen molar-refractivity contribution in [2.45, 2.75) is 18.3 Å². The van der Waals surface area contributed by atoms with E-state index in [4.69, 9.17) is 4.74 Å². The molecule has 0 aliphatic carbocycles. The summed E-state index contributed by atoms with van der Waals surface area (Å²) < 4.78 is 44.1. The first-order valence-corrected chi connectivity index (χ1v) is 12.3. The number of rotatable bonds is 8. The lowest BCUT2D eigenvalue weighted by Crippen LogP contribution is -2.43. The van der Waals surface area contributed by atoms with E-state index in [-0.39, 0.29) is 5.69 Å². The number of nitrogens with one attached hydrogen (secondary N) is 4. The number of amides is 4. The van der Waals surface area contributed by atoms with Crippen molar-refractivity contribution in [3.63, 3.8) is 0 Å². The van der Waals surface area contributed by atoms with Crippen LogP contribution in [0.4, 0.5) is 34.1 Å². The van der Waals surface area contributed by atoms with Crippen LogP contribution in [-0.4, -0.2) is 19.2 Å². The molecule has 2 atom stereocenters. The Labute approximate surface area is 229 Å². The highest BCUT2D eigenvalue weighted by atomic mass is 19.4. The second-order valence-corrected chi connectivity index (χ2v) is 8.75. The molecule has 0 bridgehead atoms. The van der Waals surface area contributed by atoms with Crippen LogP contribution in [0, 0.1) is 0 Å². The van der Waals surface area contributed by atoms with Crippen molar-refractivity contribution in [1.82, 2.24) is 10.6 Å². The standard InChI is InChI=1S/C30H27F3N4O3/c1-40-25-15-9-8-14-24(25)35-29(39)37-27(21-12-6-3-7-13-21)26(20-10-4-2-5-11-20)36-28(38)34-23-18-16-22(17-19-23)30(31,32)33/h2-19,26-27H,1H3,(H2,34,36,38)(H2,35,37,39)/t26-,27+/m1/s1. The van der Waals surface area contributed by atoms with Gasteiger partial charge >= 0.3 is 18.2 Å². The predicted octanol–water partition coefficient (Wildman–Crippen LogP) is 7.14. The predicted molar refractivity (Wildman–Crippen MR) is 147 cm³/mol. The second-order valence-electron chi connectivity index (χ2n) is 8.75. The van der Waals surface area contributed by atoms with Crippen LogP contribution < -0.4 is 26.0 Å². The van der Waals surface area contributed by atoms with E-state index >= 15 is 0 Å². The zero-order valence-corrected chi connectivity index (χ0v) is 21.4. The minimum Gasteiger partial charge on any atom is -0.495 e. The van der Waals surface area contributed by atoms with E-state index in [1.807, 2.05) is 36.4 Å². The maximum Gasteiger partial charge on any atom is 0.416 e. The van der Waals surface area contributed by atoms with Crippen molar-refractivity contribution in [3.8, 4) is 5.75 Å². The molecule has 0 aromatic heterocycles. The Morgan fingerprint density at radius 2 is 1.12 bits per heavy atom. The number of hydrogen-bond donors (Lipinski definition) is 4. The quantitative estimate of drug-likeness (QED) is 0.189. The van der Waals surface area contributed by atoms with Crippen molar-refractivity contribution >= 4 is 23.4 Å². The van der Waals surface area contributed by atoms with Gasteiger partial charge in [-0.05, 0) is 47.5 Å². The third-order valence-corrected chi connectivity index (χ3v) is 6.05. The summed E-state index contributed by atoms with van der Waals surface area (Å²) in [7, 11) is 1.50. The van der Waals surface area contributed by atoms with Crippen molar-refractivity contribution in [1.29, 1.82) is 0 Å². The molecule has 4 rings (SSSR count). The topological polar surface area (TPSA) is 91.5 Å². The summed E-state index contributed by atoms with van der Waals surface area (Å²) in [5.41, 5.74) is 1.21. The van der Waals surface area contributed by atoms with Crippen LogP contribution in [-0.2, 0) is 6.18 Å². The summed E-state index contributed by atoms with van der Waals surface area (Å²) in [6, 6.07) is 26.5. The fraction of sp³-hybridized carbons (Fsp3) is 0.133. The first-order chi connectivity index (χ1) is 19.2. The van der Waals surface area contributed by atoms with Gasteiger partial charge in [0.25, 0.3) is 0 Å². The Balaban J connectivity index is 1.60. The van der Waals surface area contributed by atoms with Gasteiger partial charge in [0.2, 0.25) is 0 Å². The maximum absolute atomic E-state index is 13.2. The fourth-order valence-electron chi connectivity index (χ4n) is 4.14. The van der Waals surface area contributed by atoms with Gasteiger partial charge in [-0.25, -0.2) is 9.59 Å². The third-order valence-electron chi connectivity index (χ3n) is 6.05. The van der Waals surface area contributed by atoms with Crippen LogP contribution in [0.25, 0.3) is 0 Å². The number of anilines is 2. The SMILES string of the molecule is COc1ccccc1NC(=O)N[C@@H](c1ccccc1)[C@H](NC(=O)Nc1ccc(C(F)(F)F)cc1)c1ccccc1. The summed E-state index contributed by atoms with van der Waals surface area (Å²) in [6.45, 7) is 0. The van der Waals surface area contributed by atoms with Crippen molar-refractivity contribution in [3.05, 3.63) is 126 Å². The number of ether oxygens (including phenoxy) is 1. The van der Waals surface area contributed by atoms with Gasteiger partial charge < -0.3 is 26.0 Å². The molecule has 206 valence electrons. The molecule has 0 aliphatic rings. The fourth-order valence-corrected chi connectivity index (χ4v) is 4.14. The average molecular weight is 549 g/mol. The summed E-state index contributed by atoms with van der Waals surface area (Å²) in [4.78, 5) is 26.3. The number of alkyl halides is 3. The minimum absolute atomic E-state index is 0.176. The molecule has 0 aliphatic heterocycles. The van der Waals surface area contributed by atoms with Crippen LogP contribution in [0.1, 0.15) is 28.8 Å². The molecule has 4 aromatic rings. The van der Waals surface area contributed by atoms with Gasteiger partial charge in [0.05, 0.1) is 30.4 Å². The lowest BCUT2D eigenvalue weighted by Gasteiger charge is -2.30. The normalized spacial score (nSPS) is 12.5. The molecule has 0 saturated carbocycles. The van der Waals surface area contributed by atoms with E-state index in [0.717, 1.165) is 12.1 Å². The van der Waals surface area contributed by atoms with Gasteiger partial charge in [-0.1, -0.05) is 72.8 Å². The lowest BCUT2D eigenvalue weighted by molar-refractivity contribution is -0.137. The first-order valence-electron chi connectivity index (χ1n) is 12.3. The largest absolute Gasteiger partial charge is 0.495 e. The van der Waals surface area contributed by atoms with Gasteiger partial charge in [0.1, 0.15) is 5.75 Å². The zero-order valence-electron chi connectivity index (χ0n) is 21.4. The van der Waals surface area contributed by atoms with Crippen LogP contribution >= 0.6 is 0 Å². The minimum atomic E-state index is -4.49. The van der Waals surface area contributed by atoms with E-state index in [9.17, 15) is 22.8 Å². The number of carbonyl (C=O) groups is 2. The Kier molecular flexibility index (Phi) is 8.90. The van der Waals surface area contributed by atoms with Crippen LogP contribution in [0.3, 0.4) is 0 Å². The van der Waals surface area contributed by atoms with Crippen LogP contribution in [0.5, 0.6) is 5.75 Å². The Hall–Kier alpha value is -4.99. The Morgan fingerprint density at radius 1 is 0.650 bits per heavy atom. The molecule has 0 saturated heterocycles. The Bertz CT molecular complexity index is 1420. The second kappa shape index (κ2) is 12.7. The first kappa shape index (κ1) is 28.0. The van der Waals surface area contributed by atoms with Crippen LogP contribution in [0.2, 0.25) is 0 Å². The van der Waals surface area contributed by atoms with Gasteiger partial charge in [0.15, 0.2) is 0 Å². The Morgan fingerprint density at radius 3 is 1.62 bits per heavy atom. The molecule has 4 amide bonds. The molecule has 0 radical (unpaired) electrons. The monoisotopic (exact) mass is 548 g/mol. The molecule has 0 spiro atoms. The van der Waals surface area contributed by atoms with E-state index in [2.05, 4.69) is 21.3 Å². The summed E-state index contributed by atoms with van der Waals surface area (Å²) in [6.07, 6.45) is -4.49. The van der Waals surface area contributed by atoms with Crippen molar-refractivity contribution in [2.75, 3.05) is 17.7 Å². The number of methoxy groups -OCH3 is 1. The zero-order chi connectivity index (χ0) is 28.5. The molecule has 7 nitrogen and oxygen atoms in total. The van der Waals surface area contributed by atoms with E-state index < -0.39 is 35.9 Å². The van der Waals surface area contributed by atoms with Crippen LogP contribution in [0.15, 0.2) is 109 Å². The molecular weight excluding hydrogens is 521 g/mol. The van der Waals surface area contributed by atoms with Gasteiger partial charge in [0, 0.05) is 5.69 Å². The highest BCUT2D eigenvalue weighted by Gasteiger charge is 2.31. The number of para-hydroxylation sites is 2. The highest BCUT2D eigenvalue weighted by Crippen LogP contribution is 2.31. The van der Waals surface area contributed by atoms with Gasteiger partial charge in [-0.15, -0.1) is 0 Å². The number of hydrogen-bond acceptors (Lipinski definition) is 3. The van der Waals surface area contributed by atoms with E-state index in [1.54, 1.807) is 48.5 Å². The van der Waals surface area contributed by atoms with Gasteiger partial charge in [-0.2, -0.15) is 13.2 Å².